The lowest BCUT2D eigenvalue weighted by Gasteiger charge is -2.22. The Morgan fingerprint density at radius 2 is 2.25 bits per heavy atom. The molecule has 0 aromatic heterocycles. The first-order valence-corrected chi connectivity index (χ1v) is 6.08. The van der Waals surface area contributed by atoms with Crippen molar-refractivity contribution >= 4 is 11.8 Å². The van der Waals surface area contributed by atoms with Crippen LogP contribution in [0.25, 0.3) is 0 Å². The Kier molecular flexibility index (Phi) is 3.70. The Labute approximate surface area is 80.8 Å². The van der Waals surface area contributed by atoms with Crippen molar-refractivity contribution in [3.05, 3.63) is 11.6 Å². The summed E-state index contributed by atoms with van der Waals surface area (Å²) in [5, 5.41) is 0. The second-order valence-electron chi connectivity index (χ2n) is 4.30. The Morgan fingerprint density at radius 1 is 1.50 bits per heavy atom. The molecule has 1 heteroatoms. The molecule has 0 aromatic carbocycles. The molecule has 0 nitrogen and oxygen atoms in total. The second-order valence-corrected chi connectivity index (χ2v) is 5.41. The normalized spacial score (nSPS) is 23.1. The maximum Gasteiger partial charge on any atom is 0.0143 e. The van der Waals surface area contributed by atoms with E-state index in [4.69, 9.17) is 0 Å². The molecule has 70 valence electrons. The Morgan fingerprint density at radius 3 is 2.75 bits per heavy atom. The Hall–Kier alpha value is 0.0900. The molecule has 1 rings (SSSR count). The lowest BCUT2D eigenvalue weighted by Crippen LogP contribution is -2.09. The number of hydrogen-bond donors (Lipinski definition) is 0. The minimum atomic E-state index is 0.424. The average molecular weight is 184 g/mol. The van der Waals surface area contributed by atoms with Gasteiger partial charge in [-0.25, -0.2) is 0 Å². The molecule has 0 N–H and O–H groups in total. The van der Waals surface area contributed by atoms with Gasteiger partial charge in [-0.15, -0.1) is 0 Å². The molecule has 1 aliphatic rings. The molecule has 0 radical (unpaired) electrons. The fourth-order valence-electron chi connectivity index (χ4n) is 1.45. The summed E-state index contributed by atoms with van der Waals surface area (Å²) in [5.41, 5.74) is 2.10. The monoisotopic (exact) mass is 184 g/mol. The van der Waals surface area contributed by atoms with Gasteiger partial charge in [0.25, 0.3) is 0 Å². The minimum absolute atomic E-state index is 0.424. The highest BCUT2D eigenvalue weighted by Gasteiger charge is 2.14. The van der Waals surface area contributed by atoms with Crippen LogP contribution in [0.2, 0.25) is 0 Å². The van der Waals surface area contributed by atoms with Crippen LogP contribution < -0.4 is 0 Å². The predicted molar refractivity (Wildman–Crippen MR) is 58.7 cm³/mol. The van der Waals surface area contributed by atoms with E-state index >= 15 is 0 Å². The van der Waals surface area contributed by atoms with Gasteiger partial charge in [-0.1, -0.05) is 32.4 Å². The number of rotatable bonds is 2. The first kappa shape index (κ1) is 10.2. The van der Waals surface area contributed by atoms with E-state index in [0.717, 1.165) is 0 Å². The first-order valence-electron chi connectivity index (χ1n) is 4.92. The van der Waals surface area contributed by atoms with E-state index in [2.05, 4.69) is 38.6 Å². The highest BCUT2D eigenvalue weighted by atomic mass is 32.2. The quantitative estimate of drug-likeness (QED) is 0.587. The molecule has 0 bridgehead atoms. The molecule has 1 aliphatic heterocycles. The SMILES string of the molecule is CCC(C)(C)/C=C1\CCCSC1. The van der Waals surface area contributed by atoms with Gasteiger partial charge in [0.05, 0.1) is 0 Å². The smallest absolute Gasteiger partial charge is 0.0143 e. The van der Waals surface area contributed by atoms with Crippen LogP contribution >= 0.6 is 11.8 Å². The van der Waals surface area contributed by atoms with Crippen molar-refractivity contribution in [3.63, 3.8) is 0 Å². The van der Waals surface area contributed by atoms with Gasteiger partial charge >= 0.3 is 0 Å². The van der Waals surface area contributed by atoms with E-state index in [-0.39, 0.29) is 0 Å². The highest BCUT2D eigenvalue weighted by Crippen LogP contribution is 2.29. The molecule has 0 atom stereocenters. The highest BCUT2D eigenvalue weighted by molar-refractivity contribution is 7.99. The van der Waals surface area contributed by atoms with Crippen molar-refractivity contribution in [3.8, 4) is 0 Å². The Bertz CT molecular complexity index is 160. The molecule has 1 saturated heterocycles. The third-order valence-corrected chi connectivity index (χ3v) is 3.73. The predicted octanol–water partition coefficient (Wildman–Crippen LogP) is 3.88. The van der Waals surface area contributed by atoms with Crippen molar-refractivity contribution in [2.24, 2.45) is 5.41 Å². The third-order valence-electron chi connectivity index (χ3n) is 2.58. The van der Waals surface area contributed by atoms with E-state index in [0.29, 0.717) is 5.41 Å². The summed E-state index contributed by atoms with van der Waals surface area (Å²) in [7, 11) is 0. The molecule has 0 saturated carbocycles. The van der Waals surface area contributed by atoms with E-state index < -0.39 is 0 Å². The van der Waals surface area contributed by atoms with Crippen LogP contribution in [0.5, 0.6) is 0 Å². The number of allylic oxidation sites excluding steroid dienone is 1. The van der Waals surface area contributed by atoms with E-state index in [1.54, 1.807) is 5.57 Å². The first-order chi connectivity index (χ1) is 5.64. The summed E-state index contributed by atoms with van der Waals surface area (Å²) in [4.78, 5) is 0. The molecule has 0 spiro atoms. The molecular weight excluding hydrogens is 164 g/mol. The molecule has 0 aromatic rings. The molecule has 1 heterocycles. The van der Waals surface area contributed by atoms with Gasteiger partial charge in [-0.3, -0.25) is 0 Å². The van der Waals surface area contributed by atoms with Crippen LogP contribution in [0.15, 0.2) is 11.6 Å². The van der Waals surface area contributed by atoms with Gasteiger partial charge in [0, 0.05) is 5.75 Å². The van der Waals surface area contributed by atoms with Crippen LogP contribution in [-0.4, -0.2) is 11.5 Å². The zero-order valence-corrected chi connectivity index (χ0v) is 9.34. The summed E-state index contributed by atoms with van der Waals surface area (Å²) in [6.07, 6.45) is 6.48. The van der Waals surface area contributed by atoms with Crippen LogP contribution in [0.1, 0.15) is 40.0 Å². The van der Waals surface area contributed by atoms with E-state index in [1.807, 2.05) is 0 Å². The van der Waals surface area contributed by atoms with Crippen molar-refractivity contribution in [2.45, 2.75) is 40.0 Å². The van der Waals surface area contributed by atoms with Crippen LogP contribution in [-0.2, 0) is 0 Å². The van der Waals surface area contributed by atoms with Gasteiger partial charge in [0.2, 0.25) is 0 Å². The fraction of sp³-hybridized carbons (Fsp3) is 0.818. The van der Waals surface area contributed by atoms with Gasteiger partial charge < -0.3 is 0 Å². The van der Waals surface area contributed by atoms with Gasteiger partial charge in [0.1, 0.15) is 0 Å². The topological polar surface area (TPSA) is 0 Å². The molecule has 0 aliphatic carbocycles. The maximum absolute atomic E-state index is 2.50. The Balaban J connectivity index is 2.53. The number of thioether (sulfide) groups is 1. The second kappa shape index (κ2) is 4.36. The lowest BCUT2D eigenvalue weighted by atomic mass is 9.87. The summed E-state index contributed by atoms with van der Waals surface area (Å²) in [6, 6.07) is 0. The van der Waals surface area contributed by atoms with E-state index in [9.17, 15) is 0 Å². The van der Waals surface area contributed by atoms with Crippen LogP contribution in [0.3, 0.4) is 0 Å². The zero-order chi connectivity index (χ0) is 9.03. The maximum atomic E-state index is 2.50. The van der Waals surface area contributed by atoms with Crippen molar-refractivity contribution in [2.75, 3.05) is 11.5 Å². The van der Waals surface area contributed by atoms with Gasteiger partial charge in [0.15, 0.2) is 0 Å². The fourth-order valence-corrected chi connectivity index (χ4v) is 2.43. The van der Waals surface area contributed by atoms with Crippen molar-refractivity contribution in [1.29, 1.82) is 0 Å². The summed E-state index contributed by atoms with van der Waals surface area (Å²) in [5.74, 6) is 2.65. The zero-order valence-electron chi connectivity index (χ0n) is 8.52. The largest absolute Gasteiger partial charge is 0.158 e. The summed E-state index contributed by atoms with van der Waals surface area (Å²) < 4.78 is 0. The number of hydrogen-bond acceptors (Lipinski definition) is 1. The minimum Gasteiger partial charge on any atom is -0.158 e. The van der Waals surface area contributed by atoms with Gasteiger partial charge in [-0.2, -0.15) is 11.8 Å². The molecular formula is C11H20S. The van der Waals surface area contributed by atoms with E-state index in [1.165, 1.54) is 30.8 Å². The van der Waals surface area contributed by atoms with Crippen molar-refractivity contribution < 1.29 is 0 Å². The van der Waals surface area contributed by atoms with Crippen molar-refractivity contribution in [1.82, 2.24) is 0 Å². The third kappa shape index (κ3) is 3.22. The lowest BCUT2D eigenvalue weighted by molar-refractivity contribution is 0.457. The summed E-state index contributed by atoms with van der Waals surface area (Å²) in [6.45, 7) is 6.94. The standard InChI is InChI=1S/C11H20S/c1-4-11(2,3)8-10-6-5-7-12-9-10/h8H,4-7,9H2,1-3H3/b10-8+. The average Bonchev–Trinajstić information content (AvgIpc) is 2.06. The molecule has 0 unspecified atom stereocenters. The molecule has 12 heavy (non-hydrogen) atoms. The molecule has 1 fully saturated rings. The summed E-state index contributed by atoms with van der Waals surface area (Å²) >= 11 is 2.09. The van der Waals surface area contributed by atoms with Crippen LogP contribution in [0, 0.1) is 5.41 Å². The molecule has 0 amide bonds. The van der Waals surface area contributed by atoms with Crippen LogP contribution in [0.4, 0.5) is 0 Å². The van der Waals surface area contributed by atoms with Gasteiger partial charge in [-0.05, 0) is 30.4 Å².